The Hall–Kier alpha value is -0.860. The fourth-order valence-corrected chi connectivity index (χ4v) is 6.03. The zero-order valence-corrected chi connectivity index (χ0v) is 18.9. The van der Waals surface area contributed by atoms with Gasteiger partial charge in [0.2, 0.25) is 15.9 Å². The molecule has 0 unspecified atom stereocenters. The summed E-state index contributed by atoms with van der Waals surface area (Å²) in [6.45, 7) is 9.25. The first-order valence-corrected chi connectivity index (χ1v) is 11.8. The second-order valence-corrected chi connectivity index (χ2v) is 9.93. The number of halogens is 2. The van der Waals surface area contributed by atoms with Gasteiger partial charge in [0.15, 0.2) is 0 Å². The number of amides is 1. The Labute approximate surface area is 178 Å². The molecule has 0 aromatic heterocycles. The first-order valence-electron chi connectivity index (χ1n) is 9.64. The molecular weight excluding hydrogens is 421 g/mol. The lowest BCUT2D eigenvalue weighted by atomic mass is 9.97. The van der Waals surface area contributed by atoms with Crippen LogP contribution in [0.5, 0.6) is 0 Å². The number of piperidine rings is 1. The molecule has 6 nitrogen and oxygen atoms in total. The van der Waals surface area contributed by atoms with Crippen molar-refractivity contribution in [2.24, 2.45) is 5.92 Å². The van der Waals surface area contributed by atoms with Gasteiger partial charge in [-0.25, -0.2) is 8.42 Å². The Morgan fingerprint density at radius 3 is 2.32 bits per heavy atom. The molecule has 0 aliphatic carbocycles. The number of nitrogens with zero attached hydrogens (tertiary/aromatic N) is 2. The summed E-state index contributed by atoms with van der Waals surface area (Å²) in [6.07, 6.45) is 0.962. The summed E-state index contributed by atoms with van der Waals surface area (Å²) in [5.74, 6) is -0.185. The maximum absolute atomic E-state index is 12.9. The molecule has 1 aromatic carbocycles. The molecule has 158 valence electrons. The molecule has 1 aliphatic rings. The van der Waals surface area contributed by atoms with E-state index in [0.717, 1.165) is 13.1 Å². The number of carbonyl (C=O) groups is 1. The van der Waals surface area contributed by atoms with Gasteiger partial charge in [-0.3, -0.25) is 9.69 Å². The number of nitrogens with one attached hydrogen (secondary N) is 1. The van der Waals surface area contributed by atoms with Crippen molar-refractivity contribution in [3.63, 3.8) is 0 Å². The molecule has 0 spiro atoms. The standard InChI is InChI=1S/C19H29Cl2N3O3S/c1-4-23(14(2)3)13-10-22-19(25)15-8-11-24(12-9-15)28(26,27)18-16(20)6-5-7-17(18)21/h5-7,14-15H,4,8-13H2,1-3H3,(H,22,25). The fraction of sp³-hybridized carbons (Fsp3) is 0.632. The SMILES string of the molecule is CCN(CCNC(=O)C1CCN(S(=O)(=O)c2c(Cl)cccc2Cl)CC1)C(C)C. The monoisotopic (exact) mass is 449 g/mol. The van der Waals surface area contributed by atoms with Crippen molar-refractivity contribution in [3.05, 3.63) is 28.2 Å². The average Bonchev–Trinajstić information content (AvgIpc) is 2.64. The van der Waals surface area contributed by atoms with Crippen molar-refractivity contribution in [1.29, 1.82) is 0 Å². The van der Waals surface area contributed by atoms with Crippen LogP contribution >= 0.6 is 23.2 Å². The van der Waals surface area contributed by atoms with E-state index in [-0.39, 0.29) is 39.9 Å². The van der Waals surface area contributed by atoms with Crippen molar-refractivity contribution >= 4 is 39.1 Å². The summed E-state index contributed by atoms with van der Waals surface area (Å²) in [5, 5.41) is 3.20. The first-order chi connectivity index (χ1) is 13.2. The summed E-state index contributed by atoms with van der Waals surface area (Å²) in [6, 6.07) is 5.07. The molecule has 1 heterocycles. The Morgan fingerprint density at radius 2 is 1.82 bits per heavy atom. The number of hydrogen-bond acceptors (Lipinski definition) is 4. The number of carbonyl (C=O) groups excluding carboxylic acids is 1. The molecule has 0 atom stereocenters. The molecule has 0 saturated carbocycles. The van der Waals surface area contributed by atoms with Crippen LogP contribution in [0.3, 0.4) is 0 Å². The van der Waals surface area contributed by atoms with Crippen LogP contribution in [0.4, 0.5) is 0 Å². The molecule has 9 heteroatoms. The van der Waals surface area contributed by atoms with Gasteiger partial charge < -0.3 is 5.32 Å². The Kier molecular flexibility index (Phi) is 8.58. The lowest BCUT2D eigenvalue weighted by Gasteiger charge is -2.31. The maximum Gasteiger partial charge on any atom is 0.246 e. The van der Waals surface area contributed by atoms with Crippen LogP contribution in [0.15, 0.2) is 23.1 Å². The minimum atomic E-state index is -3.78. The minimum Gasteiger partial charge on any atom is -0.355 e. The molecule has 1 aromatic rings. The molecule has 1 saturated heterocycles. The molecule has 1 amide bonds. The third kappa shape index (κ3) is 5.60. The van der Waals surface area contributed by atoms with Gasteiger partial charge in [0.05, 0.1) is 10.0 Å². The average molecular weight is 450 g/mol. The summed E-state index contributed by atoms with van der Waals surface area (Å²) in [4.78, 5) is 14.7. The van der Waals surface area contributed by atoms with Gasteiger partial charge in [-0.05, 0) is 45.4 Å². The van der Waals surface area contributed by atoms with Gasteiger partial charge in [0.1, 0.15) is 4.90 Å². The van der Waals surface area contributed by atoms with Crippen LogP contribution in [0, 0.1) is 5.92 Å². The Morgan fingerprint density at radius 1 is 1.25 bits per heavy atom. The van der Waals surface area contributed by atoms with E-state index in [2.05, 4.69) is 31.0 Å². The van der Waals surface area contributed by atoms with Gasteiger partial charge in [0.25, 0.3) is 0 Å². The minimum absolute atomic E-state index is 0.00682. The van der Waals surface area contributed by atoms with Crippen molar-refractivity contribution in [3.8, 4) is 0 Å². The molecular formula is C19H29Cl2N3O3S. The van der Waals surface area contributed by atoms with Crippen molar-refractivity contribution in [1.82, 2.24) is 14.5 Å². The normalized spacial score (nSPS) is 16.7. The second kappa shape index (κ2) is 10.3. The Bertz CT molecular complexity index is 758. The first kappa shape index (κ1) is 23.4. The van der Waals surface area contributed by atoms with E-state index in [1.54, 1.807) is 6.07 Å². The van der Waals surface area contributed by atoms with E-state index in [1.165, 1.54) is 16.4 Å². The molecule has 2 rings (SSSR count). The number of sulfonamides is 1. The zero-order chi connectivity index (χ0) is 20.9. The highest BCUT2D eigenvalue weighted by Gasteiger charge is 2.34. The number of rotatable bonds is 8. The van der Waals surface area contributed by atoms with E-state index in [9.17, 15) is 13.2 Å². The van der Waals surface area contributed by atoms with E-state index in [4.69, 9.17) is 23.2 Å². The molecule has 28 heavy (non-hydrogen) atoms. The highest BCUT2D eigenvalue weighted by Crippen LogP contribution is 2.33. The molecule has 0 radical (unpaired) electrons. The molecule has 1 N–H and O–H groups in total. The van der Waals surface area contributed by atoms with E-state index >= 15 is 0 Å². The lowest BCUT2D eigenvalue weighted by Crippen LogP contribution is -2.45. The third-order valence-corrected chi connectivity index (χ3v) is 8.03. The van der Waals surface area contributed by atoms with E-state index in [0.29, 0.717) is 25.4 Å². The highest BCUT2D eigenvalue weighted by atomic mass is 35.5. The van der Waals surface area contributed by atoms with Gasteiger partial charge in [-0.15, -0.1) is 0 Å². The topological polar surface area (TPSA) is 69.7 Å². The van der Waals surface area contributed by atoms with Crippen molar-refractivity contribution < 1.29 is 13.2 Å². The van der Waals surface area contributed by atoms with Crippen LogP contribution in [0.2, 0.25) is 10.0 Å². The van der Waals surface area contributed by atoms with Crippen LogP contribution in [0.1, 0.15) is 33.6 Å². The van der Waals surface area contributed by atoms with Crippen molar-refractivity contribution in [2.45, 2.75) is 44.6 Å². The van der Waals surface area contributed by atoms with Gasteiger partial charge >= 0.3 is 0 Å². The van der Waals surface area contributed by atoms with Crippen LogP contribution < -0.4 is 5.32 Å². The summed E-state index contributed by atoms with van der Waals surface area (Å²) in [5.41, 5.74) is 0. The second-order valence-electron chi connectivity index (χ2n) is 7.24. The smallest absolute Gasteiger partial charge is 0.246 e. The van der Waals surface area contributed by atoms with Crippen LogP contribution in [-0.4, -0.2) is 62.3 Å². The van der Waals surface area contributed by atoms with E-state index in [1.807, 2.05) is 0 Å². The zero-order valence-electron chi connectivity index (χ0n) is 16.6. The highest BCUT2D eigenvalue weighted by molar-refractivity contribution is 7.89. The summed E-state index contributed by atoms with van der Waals surface area (Å²) < 4.78 is 27.2. The number of likely N-dealkylation sites (N-methyl/N-ethyl adjacent to an activating group) is 1. The van der Waals surface area contributed by atoms with Gasteiger partial charge in [-0.2, -0.15) is 4.31 Å². The number of hydrogen-bond donors (Lipinski definition) is 1. The Balaban J connectivity index is 1.91. The summed E-state index contributed by atoms with van der Waals surface area (Å²) >= 11 is 12.1. The molecule has 1 aliphatic heterocycles. The van der Waals surface area contributed by atoms with Crippen LogP contribution in [-0.2, 0) is 14.8 Å². The predicted octanol–water partition coefficient (Wildman–Crippen LogP) is 3.24. The molecule has 0 bridgehead atoms. The summed E-state index contributed by atoms with van der Waals surface area (Å²) in [7, 11) is -3.78. The lowest BCUT2D eigenvalue weighted by molar-refractivity contribution is -0.126. The van der Waals surface area contributed by atoms with Crippen molar-refractivity contribution in [2.75, 3.05) is 32.7 Å². The number of benzene rings is 1. The van der Waals surface area contributed by atoms with Gasteiger partial charge in [0, 0.05) is 38.1 Å². The largest absolute Gasteiger partial charge is 0.355 e. The fourth-order valence-electron chi connectivity index (χ4n) is 3.46. The maximum atomic E-state index is 12.9. The van der Waals surface area contributed by atoms with Gasteiger partial charge in [-0.1, -0.05) is 36.2 Å². The third-order valence-electron chi connectivity index (χ3n) is 5.18. The quantitative estimate of drug-likeness (QED) is 0.660. The predicted molar refractivity (Wildman–Crippen MR) is 113 cm³/mol. The van der Waals surface area contributed by atoms with E-state index < -0.39 is 10.0 Å². The van der Waals surface area contributed by atoms with Crippen LogP contribution in [0.25, 0.3) is 0 Å². The molecule has 1 fully saturated rings.